The number of nitrogens with one attached hydrogen (secondary N) is 1. The second-order valence-corrected chi connectivity index (χ2v) is 2.88. The topological polar surface area (TPSA) is 102 Å². The lowest BCUT2D eigenvalue weighted by Crippen LogP contribution is -1.94. The molecule has 0 saturated carbocycles. The van der Waals surface area contributed by atoms with Crippen molar-refractivity contribution in [2.24, 2.45) is 0 Å². The predicted molar refractivity (Wildman–Crippen MR) is 51.6 cm³/mol. The minimum atomic E-state index is -0.794. The van der Waals surface area contributed by atoms with Crippen molar-refractivity contribution in [2.45, 2.75) is 0 Å². The van der Waals surface area contributed by atoms with Gasteiger partial charge in [-0.25, -0.2) is 4.98 Å². The highest BCUT2D eigenvalue weighted by molar-refractivity contribution is 5.93. The van der Waals surface area contributed by atoms with Crippen LogP contribution in [-0.4, -0.2) is 14.8 Å². The van der Waals surface area contributed by atoms with Gasteiger partial charge in [0.2, 0.25) is 0 Å². The molecule has 1 N–H and O–H groups in total. The van der Waals surface area contributed by atoms with E-state index in [0.29, 0.717) is 5.52 Å². The van der Waals surface area contributed by atoms with Gasteiger partial charge >= 0.3 is 11.5 Å². The first-order valence-corrected chi connectivity index (χ1v) is 4.00. The van der Waals surface area contributed by atoms with Crippen molar-refractivity contribution in [3.63, 3.8) is 0 Å². The van der Waals surface area contributed by atoms with Gasteiger partial charge in [-0.2, -0.15) is 0 Å². The average molecular weight is 207 g/mol. The van der Waals surface area contributed by atoms with E-state index in [2.05, 4.69) is 4.98 Å². The molecule has 1 heterocycles. The van der Waals surface area contributed by atoms with Gasteiger partial charge in [-0.1, -0.05) is 12.1 Å². The number of nitrogens with zero attached hydrogens (tertiary/aromatic N) is 2. The van der Waals surface area contributed by atoms with Crippen molar-refractivity contribution in [2.75, 3.05) is 0 Å². The SMILES string of the molecule is O=[N+]([O-])c1[nH]c2ccccc2c1[N+](=O)[O-]. The van der Waals surface area contributed by atoms with Crippen LogP contribution in [0.5, 0.6) is 0 Å². The molecule has 1 aromatic carbocycles. The van der Waals surface area contributed by atoms with Crippen molar-refractivity contribution < 1.29 is 9.85 Å². The lowest BCUT2D eigenvalue weighted by molar-refractivity contribution is -0.423. The molecule has 0 amide bonds. The molecule has 0 unspecified atom stereocenters. The molecule has 0 atom stereocenters. The molecular formula is C8H5N3O4. The molecule has 0 saturated heterocycles. The molecule has 0 aliphatic heterocycles. The Hall–Kier alpha value is -2.44. The van der Waals surface area contributed by atoms with E-state index in [-0.39, 0.29) is 5.39 Å². The van der Waals surface area contributed by atoms with E-state index in [1.165, 1.54) is 6.07 Å². The van der Waals surface area contributed by atoms with Crippen LogP contribution in [0.25, 0.3) is 10.9 Å². The van der Waals surface area contributed by atoms with E-state index in [1.807, 2.05) is 0 Å². The van der Waals surface area contributed by atoms with Crippen LogP contribution in [0, 0.1) is 20.2 Å². The van der Waals surface area contributed by atoms with Gasteiger partial charge < -0.3 is 10.1 Å². The van der Waals surface area contributed by atoms with E-state index in [9.17, 15) is 20.2 Å². The Morgan fingerprint density at radius 2 is 1.73 bits per heavy atom. The minimum absolute atomic E-state index is 0.245. The fourth-order valence-corrected chi connectivity index (χ4v) is 1.43. The third-order valence-electron chi connectivity index (χ3n) is 2.02. The van der Waals surface area contributed by atoms with Crippen LogP contribution in [0.2, 0.25) is 0 Å². The third-order valence-corrected chi connectivity index (χ3v) is 2.02. The summed E-state index contributed by atoms with van der Waals surface area (Å²) in [6.45, 7) is 0. The Kier molecular flexibility index (Phi) is 1.86. The zero-order valence-corrected chi connectivity index (χ0v) is 7.34. The Labute approximate surface area is 82.6 Å². The molecule has 0 aliphatic rings. The molecule has 2 rings (SSSR count). The largest absolute Gasteiger partial charge is 0.400 e. The summed E-state index contributed by atoms with van der Waals surface area (Å²) in [7, 11) is 0. The number of fused-ring (bicyclic) bond motifs is 1. The van der Waals surface area contributed by atoms with E-state index in [4.69, 9.17) is 0 Å². The molecule has 0 aliphatic carbocycles. The zero-order chi connectivity index (χ0) is 11.0. The maximum atomic E-state index is 10.7. The summed E-state index contributed by atoms with van der Waals surface area (Å²) >= 11 is 0. The number of H-pyrrole nitrogens is 1. The van der Waals surface area contributed by atoms with Crippen LogP contribution >= 0.6 is 0 Å². The number of para-hydroxylation sites is 1. The molecule has 2 aromatic rings. The van der Waals surface area contributed by atoms with Crippen molar-refractivity contribution in [1.29, 1.82) is 0 Å². The number of hydrogen-bond donors (Lipinski definition) is 1. The Morgan fingerprint density at radius 3 is 2.33 bits per heavy atom. The second-order valence-electron chi connectivity index (χ2n) is 2.88. The first-order valence-electron chi connectivity index (χ1n) is 4.00. The number of hydrogen-bond acceptors (Lipinski definition) is 4. The summed E-state index contributed by atoms with van der Waals surface area (Å²) < 4.78 is 0. The van der Waals surface area contributed by atoms with E-state index < -0.39 is 21.4 Å². The smallest absolute Gasteiger partial charge is 0.358 e. The molecule has 1 aromatic heterocycles. The third kappa shape index (κ3) is 1.30. The van der Waals surface area contributed by atoms with Crippen LogP contribution in [0.3, 0.4) is 0 Å². The summed E-state index contributed by atoms with van der Waals surface area (Å²) in [5.74, 6) is -0.582. The van der Waals surface area contributed by atoms with Gasteiger partial charge in [-0.15, -0.1) is 0 Å². The molecule has 0 fully saturated rings. The van der Waals surface area contributed by atoms with Gasteiger partial charge in [0.15, 0.2) is 0 Å². The second kappa shape index (κ2) is 3.05. The quantitative estimate of drug-likeness (QED) is 0.600. The number of aromatic nitrogens is 1. The van der Waals surface area contributed by atoms with Crippen LogP contribution in [-0.2, 0) is 0 Å². The van der Waals surface area contributed by atoms with Gasteiger partial charge in [0.05, 0.1) is 4.92 Å². The fourth-order valence-electron chi connectivity index (χ4n) is 1.43. The Morgan fingerprint density at radius 1 is 1.07 bits per heavy atom. The van der Waals surface area contributed by atoms with E-state index >= 15 is 0 Å². The predicted octanol–water partition coefficient (Wildman–Crippen LogP) is 1.98. The standard InChI is InChI=1S/C8H5N3O4/c12-10(13)7-5-3-1-2-4-6(5)9-8(7)11(14)15/h1-4,9H. The highest BCUT2D eigenvalue weighted by atomic mass is 16.6. The molecule has 76 valence electrons. The molecule has 0 radical (unpaired) electrons. The monoisotopic (exact) mass is 207 g/mol. The average Bonchev–Trinajstić information content (AvgIpc) is 2.56. The number of nitro groups is 2. The van der Waals surface area contributed by atoms with Crippen molar-refractivity contribution in [3.05, 3.63) is 44.5 Å². The molecule has 7 nitrogen and oxygen atoms in total. The van der Waals surface area contributed by atoms with E-state index in [0.717, 1.165) is 0 Å². The normalized spacial score (nSPS) is 10.4. The maximum Gasteiger partial charge on any atom is 0.400 e. The Balaban J connectivity index is 2.86. The molecular weight excluding hydrogens is 202 g/mol. The summed E-state index contributed by atoms with van der Waals surface area (Å²) in [5.41, 5.74) is -0.105. The van der Waals surface area contributed by atoms with Gasteiger partial charge in [-0.05, 0) is 17.1 Å². The van der Waals surface area contributed by atoms with Gasteiger partial charge in [0.1, 0.15) is 10.9 Å². The molecule has 0 bridgehead atoms. The lowest BCUT2D eigenvalue weighted by atomic mass is 10.2. The van der Waals surface area contributed by atoms with Gasteiger partial charge in [0, 0.05) is 0 Å². The van der Waals surface area contributed by atoms with Crippen LogP contribution in [0.4, 0.5) is 11.5 Å². The molecule has 7 heteroatoms. The van der Waals surface area contributed by atoms with Crippen LogP contribution in [0.15, 0.2) is 24.3 Å². The number of aromatic amines is 1. The van der Waals surface area contributed by atoms with Gasteiger partial charge in [0.25, 0.3) is 0 Å². The zero-order valence-electron chi connectivity index (χ0n) is 7.34. The molecule has 0 spiro atoms. The van der Waals surface area contributed by atoms with E-state index in [1.54, 1.807) is 18.2 Å². The van der Waals surface area contributed by atoms with Crippen LogP contribution in [0.1, 0.15) is 0 Å². The van der Waals surface area contributed by atoms with Crippen molar-refractivity contribution >= 4 is 22.4 Å². The first-order chi connectivity index (χ1) is 7.11. The summed E-state index contributed by atoms with van der Waals surface area (Å²) in [6, 6.07) is 6.26. The summed E-state index contributed by atoms with van der Waals surface area (Å²) in [4.78, 5) is 22.1. The number of rotatable bonds is 2. The minimum Gasteiger partial charge on any atom is -0.358 e. The van der Waals surface area contributed by atoms with Crippen molar-refractivity contribution in [1.82, 2.24) is 4.98 Å². The fraction of sp³-hybridized carbons (Fsp3) is 0. The lowest BCUT2D eigenvalue weighted by Gasteiger charge is -1.89. The number of benzene rings is 1. The maximum absolute atomic E-state index is 10.7. The molecule has 15 heavy (non-hydrogen) atoms. The van der Waals surface area contributed by atoms with Gasteiger partial charge in [-0.3, -0.25) is 10.1 Å². The first kappa shape index (κ1) is 9.13. The summed E-state index contributed by atoms with van der Waals surface area (Å²) in [6.07, 6.45) is 0. The Bertz CT molecular complexity index is 560. The summed E-state index contributed by atoms with van der Waals surface area (Å²) in [5, 5.41) is 21.5. The van der Waals surface area contributed by atoms with Crippen LogP contribution < -0.4 is 0 Å². The highest BCUT2D eigenvalue weighted by Gasteiger charge is 2.29. The highest BCUT2D eigenvalue weighted by Crippen LogP contribution is 2.34. The van der Waals surface area contributed by atoms with Crippen molar-refractivity contribution in [3.8, 4) is 0 Å².